The van der Waals surface area contributed by atoms with Gasteiger partial charge in [0, 0.05) is 37.1 Å². The van der Waals surface area contributed by atoms with Gasteiger partial charge < -0.3 is 20.1 Å². The Morgan fingerprint density at radius 1 is 1.28 bits per heavy atom. The first-order valence-corrected chi connectivity index (χ1v) is 13.3. The fourth-order valence-corrected chi connectivity index (χ4v) is 6.49. The summed E-state index contributed by atoms with van der Waals surface area (Å²) >= 11 is 1.61. The maximum absolute atomic E-state index is 13.1. The summed E-state index contributed by atoms with van der Waals surface area (Å²) in [5.74, 6) is 0.983. The Morgan fingerprint density at radius 3 is 2.75 bits per heavy atom. The van der Waals surface area contributed by atoms with Crippen molar-refractivity contribution in [1.82, 2.24) is 20.0 Å². The summed E-state index contributed by atoms with van der Waals surface area (Å²) in [5, 5.41) is 7.82. The summed E-state index contributed by atoms with van der Waals surface area (Å²) in [6.07, 6.45) is 5.83. The summed E-state index contributed by atoms with van der Waals surface area (Å²) < 4.78 is 27.3. The lowest BCUT2D eigenvalue weighted by molar-refractivity contribution is 0.0622. The molecule has 2 fully saturated rings. The number of methoxy groups -OCH3 is 1. The Labute approximate surface area is 196 Å². The molecule has 0 amide bonds. The highest BCUT2D eigenvalue weighted by atomic mass is 32.2. The second-order valence-electron chi connectivity index (χ2n) is 8.46. The van der Waals surface area contributed by atoms with Gasteiger partial charge in [-0.3, -0.25) is 0 Å². The van der Waals surface area contributed by atoms with Crippen molar-refractivity contribution in [2.75, 3.05) is 38.7 Å². The predicted octanol–water partition coefficient (Wildman–Crippen LogP) is 3.11. The van der Waals surface area contributed by atoms with Gasteiger partial charge in [-0.15, -0.1) is 0 Å². The lowest BCUT2D eigenvalue weighted by Gasteiger charge is -2.28. The fourth-order valence-electron chi connectivity index (χ4n) is 4.25. The van der Waals surface area contributed by atoms with Crippen LogP contribution in [0.2, 0.25) is 0 Å². The first-order valence-electron chi connectivity index (χ1n) is 11.3. The second-order valence-corrected chi connectivity index (χ2v) is 10.7. The first-order chi connectivity index (χ1) is 15.5. The Balaban J connectivity index is 1.51. The maximum atomic E-state index is 13.1. The van der Waals surface area contributed by atoms with E-state index in [1.165, 1.54) is 0 Å². The summed E-state index contributed by atoms with van der Waals surface area (Å²) in [7, 11) is 0.163. The molecule has 176 valence electrons. The van der Waals surface area contributed by atoms with E-state index >= 15 is 0 Å². The molecular weight excluding hydrogens is 446 g/mol. The maximum Gasteiger partial charge on any atom is 0.231 e. The van der Waals surface area contributed by atoms with Crippen LogP contribution in [-0.2, 0) is 15.7 Å². The molecule has 2 saturated heterocycles. The average Bonchev–Trinajstić information content (AvgIpc) is 3.19. The molecule has 2 atom stereocenters. The third kappa shape index (κ3) is 5.66. The van der Waals surface area contributed by atoms with Crippen molar-refractivity contribution in [3.05, 3.63) is 18.0 Å². The van der Waals surface area contributed by atoms with Gasteiger partial charge in [-0.25, -0.2) is 18.9 Å². The highest BCUT2D eigenvalue weighted by Gasteiger charge is 2.23. The summed E-state index contributed by atoms with van der Waals surface area (Å²) in [6.45, 7) is 7.77. The Kier molecular flexibility index (Phi) is 8.12. The van der Waals surface area contributed by atoms with Crippen molar-refractivity contribution in [2.45, 2.75) is 56.5 Å². The number of nitrogens with zero attached hydrogens (tertiary/aromatic N) is 2. The molecule has 2 aliphatic rings. The third-order valence-electron chi connectivity index (χ3n) is 6.21. The minimum atomic E-state index is -1.40. The zero-order valence-electron chi connectivity index (χ0n) is 19.0. The highest BCUT2D eigenvalue weighted by molar-refractivity contribution is 7.83. The monoisotopic (exact) mass is 479 g/mol. The van der Waals surface area contributed by atoms with Crippen LogP contribution in [0.5, 0.6) is 5.88 Å². The van der Waals surface area contributed by atoms with Crippen molar-refractivity contribution >= 4 is 27.5 Å². The molecular formula is C22H33N5O3S2. The van der Waals surface area contributed by atoms with Crippen LogP contribution in [0.1, 0.15) is 38.3 Å². The van der Waals surface area contributed by atoms with Gasteiger partial charge in [0.1, 0.15) is 15.9 Å². The van der Waals surface area contributed by atoms with Crippen LogP contribution in [-0.4, -0.2) is 59.7 Å². The zero-order valence-corrected chi connectivity index (χ0v) is 20.6. The van der Waals surface area contributed by atoms with Gasteiger partial charge in [-0.1, -0.05) is 11.3 Å². The van der Waals surface area contributed by atoms with Crippen LogP contribution in [0.25, 0.3) is 10.4 Å². The molecule has 3 N–H and O–H groups in total. The van der Waals surface area contributed by atoms with E-state index in [1.54, 1.807) is 24.6 Å². The van der Waals surface area contributed by atoms with Crippen LogP contribution in [0.3, 0.4) is 0 Å². The molecule has 0 radical (unpaired) electrons. The summed E-state index contributed by atoms with van der Waals surface area (Å²) in [6, 6.07) is 2.48. The van der Waals surface area contributed by atoms with Crippen LogP contribution in [0, 0.1) is 12.8 Å². The second kappa shape index (κ2) is 11.0. The minimum Gasteiger partial charge on any atom is -0.480 e. The number of hydrogen-bond acceptors (Lipinski definition) is 8. The normalized spacial score (nSPS) is 20.1. The summed E-state index contributed by atoms with van der Waals surface area (Å²) in [4.78, 5) is 10.8. The Hall–Kier alpha value is -1.59. The van der Waals surface area contributed by atoms with E-state index in [0.29, 0.717) is 22.7 Å². The number of anilines is 1. The van der Waals surface area contributed by atoms with E-state index in [4.69, 9.17) is 14.5 Å². The summed E-state index contributed by atoms with van der Waals surface area (Å²) in [5.41, 5.74) is 1.84. The smallest absolute Gasteiger partial charge is 0.231 e. The van der Waals surface area contributed by atoms with E-state index in [0.717, 1.165) is 73.3 Å². The molecule has 2 aromatic heterocycles. The van der Waals surface area contributed by atoms with Gasteiger partial charge in [-0.2, -0.15) is 0 Å². The van der Waals surface area contributed by atoms with Crippen LogP contribution in [0.15, 0.2) is 17.2 Å². The third-order valence-corrected chi connectivity index (χ3v) is 8.58. The van der Waals surface area contributed by atoms with Crippen molar-refractivity contribution in [3.63, 3.8) is 0 Å². The predicted molar refractivity (Wildman–Crippen MR) is 129 cm³/mol. The Morgan fingerprint density at radius 2 is 2.03 bits per heavy atom. The topological polar surface area (TPSA) is 97.4 Å². The van der Waals surface area contributed by atoms with Gasteiger partial charge in [0.05, 0.1) is 17.7 Å². The number of rotatable bonds is 8. The Bertz CT molecular complexity index is 926. The molecule has 0 saturated carbocycles. The zero-order chi connectivity index (χ0) is 22.5. The SMILES string of the molecule is COc1ncc(-c2sc(NC(C)C3CCOCC3)nc2C)cc1S(=O)NC1CCNCC1. The molecule has 10 heteroatoms. The average molecular weight is 480 g/mol. The molecule has 2 aliphatic heterocycles. The number of pyridine rings is 1. The van der Waals surface area contributed by atoms with Crippen LogP contribution in [0.4, 0.5) is 5.13 Å². The molecule has 32 heavy (non-hydrogen) atoms. The molecule has 2 aromatic rings. The largest absolute Gasteiger partial charge is 0.480 e. The lowest BCUT2D eigenvalue weighted by Crippen LogP contribution is -2.40. The standard InChI is InChI=1S/C22H33N5O3S2/c1-14(16-6-10-30-11-7-16)25-22-26-15(2)20(31-22)17-12-19(21(29-3)24-13-17)32(28)27-18-4-8-23-9-5-18/h12-14,16,18,23,27H,4-11H2,1-3H3,(H,25,26). The van der Waals surface area contributed by atoms with E-state index in [1.807, 2.05) is 13.0 Å². The number of thiazole rings is 1. The molecule has 0 aliphatic carbocycles. The molecule has 0 aromatic carbocycles. The van der Waals surface area contributed by atoms with Crippen molar-refractivity contribution < 1.29 is 13.7 Å². The molecule has 0 bridgehead atoms. The minimum absolute atomic E-state index is 0.220. The van der Waals surface area contributed by atoms with E-state index < -0.39 is 11.0 Å². The number of aromatic nitrogens is 2. The molecule has 4 heterocycles. The van der Waals surface area contributed by atoms with E-state index in [-0.39, 0.29) is 6.04 Å². The number of aryl methyl sites for hydroxylation is 1. The number of hydrogen-bond donors (Lipinski definition) is 3. The van der Waals surface area contributed by atoms with Crippen molar-refractivity contribution in [1.29, 1.82) is 0 Å². The first kappa shape index (κ1) is 23.6. The number of piperidine rings is 1. The molecule has 8 nitrogen and oxygen atoms in total. The molecule has 2 unspecified atom stereocenters. The molecule has 0 spiro atoms. The van der Waals surface area contributed by atoms with Crippen LogP contribution >= 0.6 is 11.3 Å². The van der Waals surface area contributed by atoms with Crippen molar-refractivity contribution in [2.24, 2.45) is 5.92 Å². The number of nitrogens with one attached hydrogen (secondary N) is 3. The van der Waals surface area contributed by atoms with Gasteiger partial charge in [-0.05, 0) is 64.6 Å². The number of ether oxygens (including phenoxy) is 2. The molecule has 4 rings (SSSR count). The lowest BCUT2D eigenvalue weighted by atomic mass is 9.93. The quantitative estimate of drug-likeness (QED) is 0.535. The van der Waals surface area contributed by atoms with Gasteiger partial charge in [0.25, 0.3) is 0 Å². The van der Waals surface area contributed by atoms with Gasteiger partial charge >= 0.3 is 0 Å². The van der Waals surface area contributed by atoms with Gasteiger partial charge in [0.2, 0.25) is 5.88 Å². The van der Waals surface area contributed by atoms with Gasteiger partial charge in [0.15, 0.2) is 5.13 Å². The van der Waals surface area contributed by atoms with E-state index in [9.17, 15) is 4.21 Å². The van der Waals surface area contributed by atoms with Crippen LogP contribution < -0.4 is 20.1 Å². The van der Waals surface area contributed by atoms with E-state index in [2.05, 4.69) is 27.3 Å². The highest BCUT2D eigenvalue weighted by Crippen LogP contribution is 2.36. The van der Waals surface area contributed by atoms with Crippen molar-refractivity contribution in [3.8, 4) is 16.3 Å². The fraction of sp³-hybridized carbons (Fsp3) is 0.636.